The monoisotopic (exact) mass is 288 g/mol. The average molecular weight is 288 g/mol. The number of nitrogens with zero attached hydrogens (tertiary/aromatic N) is 1. The number of phenols is 2. The Labute approximate surface area is 119 Å². The molecule has 0 atom stereocenters. The van der Waals surface area contributed by atoms with Gasteiger partial charge < -0.3 is 19.9 Å². The van der Waals surface area contributed by atoms with Crippen LogP contribution in [0, 0.1) is 0 Å². The summed E-state index contributed by atoms with van der Waals surface area (Å²) in [5, 5.41) is 24.8. The molecule has 3 aromatic rings. The molecule has 0 saturated heterocycles. The fraction of sp³-hybridized carbons (Fsp3) is 0.0714. The molecule has 1 aromatic carbocycles. The Balaban J connectivity index is 1.76. The lowest BCUT2D eigenvalue weighted by atomic mass is 10.1. The molecule has 3 N–H and O–H groups in total. The van der Waals surface area contributed by atoms with Crippen molar-refractivity contribution in [3.8, 4) is 22.8 Å². The predicted molar refractivity (Wildman–Crippen MR) is 76.9 cm³/mol. The highest BCUT2D eigenvalue weighted by Gasteiger charge is 2.09. The van der Waals surface area contributed by atoms with E-state index in [1.165, 1.54) is 23.5 Å². The van der Waals surface area contributed by atoms with E-state index in [9.17, 15) is 10.2 Å². The van der Waals surface area contributed by atoms with Gasteiger partial charge in [0.25, 0.3) is 0 Å². The van der Waals surface area contributed by atoms with Gasteiger partial charge >= 0.3 is 0 Å². The van der Waals surface area contributed by atoms with E-state index in [0.717, 1.165) is 10.9 Å². The Morgan fingerprint density at radius 3 is 2.90 bits per heavy atom. The first kappa shape index (κ1) is 12.6. The molecule has 20 heavy (non-hydrogen) atoms. The Bertz CT molecular complexity index is 707. The molecule has 0 spiro atoms. The first-order valence-corrected chi connectivity index (χ1v) is 6.84. The first-order chi connectivity index (χ1) is 9.72. The molecule has 2 aromatic heterocycles. The molecule has 0 aliphatic heterocycles. The lowest BCUT2D eigenvalue weighted by Gasteiger charge is -2.02. The maximum absolute atomic E-state index is 9.80. The lowest BCUT2D eigenvalue weighted by Crippen LogP contribution is -1.97. The number of phenolic OH excluding ortho intramolecular Hbond substituents is 2. The molecule has 3 rings (SSSR count). The number of aromatic nitrogens is 1. The largest absolute Gasteiger partial charge is 0.508 e. The highest BCUT2D eigenvalue weighted by atomic mass is 32.1. The van der Waals surface area contributed by atoms with Crippen LogP contribution in [0.15, 0.2) is 46.4 Å². The van der Waals surface area contributed by atoms with Crippen molar-refractivity contribution in [1.82, 2.24) is 4.98 Å². The number of thiazole rings is 1. The third-order valence-corrected chi connectivity index (χ3v) is 3.56. The van der Waals surface area contributed by atoms with Gasteiger partial charge in [0.2, 0.25) is 0 Å². The number of anilines is 1. The summed E-state index contributed by atoms with van der Waals surface area (Å²) in [6.45, 7) is 0.557. The number of nitrogens with one attached hydrogen (secondary N) is 1. The minimum absolute atomic E-state index is 0.00730. The third-order valence-electron chi connectivity index (χ3n) is 2.76. The van der Waals surface area contributed by atoms with Gasteiger partial charge in [-0.2, -0.15) is 0 Å². The lowest BCUT2D eigenvalue weighted by molar-refractivity contribution is 0.452. The number of benzene rings is 1. The normalized spacial score (nSPS) is 10.6. The van der Waals surface area contributed by atoms with Crippen molar-refractivity contribution in [3.63, 3.8) is 0 Å². The van der Waals surface area contributed by atoms with Gasteiger partial charge in [0, 0.05) is 17.0 Å². The van der Waals surface area contributed by atoms with Crippen LogP contribution in [0.3, 0.4) is 0 Å². The topological polar surface area (TPSA) is 78.5 Å². The molecule has 5 nitrogen and oxygen atoms in total. The van der Waals surface area contributed by atoms with E-state index in [2.05, 4.69) is 10.3 Å². The standard InChI is InChI=1S/C14H12N2O3S/c17-9-3-4-11(13(18)6-9)12-8-20-14(16-12)15-7-10-2-1-5-19-10/h1-6,8,17-18H,7H2,(H,15,16). The van der Waals surface area contributed by atoms with E-state index in [1.807, 2.05) is 17.5 Å². The highest BCUT2D eigenvalue weighted by molar-refractivity contribution is 7.14. The van der Waals surface area contributed by atoms with E-state index in [4.69, 9.17) is 4.42 Å². The molecule has 0 unspecified atom stereocenters. The van der Waals surface area contributed by atoms with Gasteiger partial charge in [0.15, 0.2) is 5.13 Å². The molecule has 0 radical (unpaired) electrons. The molecule has 6 heteroatoms. The van der Waals surface area contributed by atoms with E-state index in [0.29, 0.717) is 17.8 Å². The van der Waals surface area contributed by atoms with E-state index >= 15 is 0 Å². The first-order valence-electron chi connectivity index (χ1n) is 5.96. The summed E-state index contributed by atoms with van der Waals surface area (Å²) < 4.78 is 5.23. The zero-order valence-corrected chi connectivity index (χ0v) is 11.2. The van der Waals surface area contributed by atoms with E-state index in [-0.39, 0.29) is 11.5 Å². The Hall–Kier alpha value is -2.47. The highest BCUT2D eigenvalue weighted by Crippen LogP contribution is 2.33. The zero-order valence-electron chi connectivity index (χ0n) is 10.4. The molecular formula is C14H12N2O3S. The van der Waals surface area contributed by atoms with Gasteiger partial charge in [0.1, 0.15) is 17.3 Å². The number of hydrogen-bond donors (Lipinski definition) is 3. The molecule has 0 aliphatic carbocycles. The second-order valence-corrected chi connectivity index (χ2v) is 5.03. The van der Waals surface area contributed by atoms with Gasteiger partial charge in [0.05, 0.1) is 18.5 Å². The van der Waals surface area contributed by atoms with Crippen molar-refractivity contribution < 1.29 is 14.6 Å². The Morgan fingerprint density at radius 1 is 1.25 bits per heavy atom. The summed E-state index contributed by atoms with van der Waals surface area (Å²) in [5.74, 6) is 0.861. The van der Waals surface area contributed by atoms with Crippen molar-refractivity contribution in [2.24, 2.45) is 0 Å². The van der Waals surface area contributed by atoms with Crippen molar-refractivity contribution >= 4 is 16.5 Å². The van der Waals surface area contributed by atoms with Crippen LogP contribution in [0.1, 0.15) is 5.76 Å². The second kappa shape index (κ2) is 5.26. The third kappa shape index (κ3) is 2.60. The van der Waals surface area contributed by atoms with Crippen LogP contribution in [-0.2, 0) is 6.54 Å². The van der Waals surface area contributed by atoms with Crippen molar-refractivity contribution in [2.75, 3.05) is 5.32 Å². The van der Waals surface area contributed by atoms with Crippen molar-refractivity contribution in [1.29, 1.82) is 0 Å². The van der Waals surface area contributed by atoms with Crippen LogP contribution in [0.2, 0.25) is 0 Å². The molecule has 0 fully saturated rings. The van der Waals surface area contributed by atoms with Crippen LogP contribution < -0.4 is 5.32 Å². The minimum atomic E-state index is 0.00730. The molecule has 0 amide bonds. The summed E-state index contributed by atoms with van der Waals surface area (Å²) >= 11 is 1.44. The number of hydrogen-bond acceptors (Lipinski definition) is 6. The fourth-order valence-corrected chi connectivity index (χ4v) is 2.50. The predicted octanol–water partition coefficient (Wildman–Crippen LogP) is 3.43. The Kier molecular flexibility index (Phi) is 3.30. The fourth-order valence-electron chi connectivity index (χ4n) is 1.79. The van der Waals surface area contributed by atoms with Crippen LogP contribution in [0.4, 0.5) is 5.13 Å². The van der Waals surface area contributed by atoms with Crippen LogP contribution in [-0.4, -0.2) is 15.2 Å². The SMILES string of the molecule is Oc1ccc(-c2csc(NCc3ccco3)n2)c(O)c1. The Morgan fingerprint density at radius 2 is 2.15 bits per heavy atom. The summed E-state index contributed by atoms with van der Waals surface area (Å²) in [5.41, 5.74) is 1.25. The minimum Gasteiger partial charge on any atom is -0.508 e. The van der Waals surface area contributed by atoms with Crippen LogP contribution >= 0.6 is 11.3 Å². The van der Waals surface area contributed by atoms with Gasteiger partial charge in [-0.1, -0.05) is 0 Å². The second-order valence-electron chi connectivity index (χ2n) is 4.17. The molecule has 102 valence electrons. The van der Waals surface area contributed by atoms with Crippen molar-refractivity contribution in [3.05, 3.63) is 47.7 Å². The van der Waals surface area contributed by atoms with Crippen LogP contribution in [0.5, 0.6) is 11.5 Å². The van der Waals surface area contributed by atoms with Gasteiger partial charge in [-0.25, -0.2) is 4.98 Å². The van der Waals surface area contributed by atoms with Gasteiger partial charge in [-0.05, 0) is 24.3 Å². The molecule has 0 bridgehead atoms. The molecule has 0 aliphatic rings. The smallest absolute Gasteiger partial charge is 0.183 e. The summed E-state index contributed by atoms with van der Waals surface area (Å²) in [6.07, 6.45) is 1.62. The molecular weight excluding hydrogens is 276 g/mol. The van der Waals surface area contributed by atoms with Gasteiger partial charge in [-0.15, -0.1) is 11.3 Å². The number of furan rings is 1. The van der Waals surface area contributed by atoms with E-state index < -0.39 is 0 Å². The maximum atomic E-state index is 9.80. The quantitative estimate of drug-likeness (QED) is 0.685. The molecule has 0 saturated carbocycles. The summed E-state index contributed by atoms with van der Waals surface area (Å²) in [6, 6.07) is 8.16. The number of aromatic hydroxyl groups is 2. The zero-order chi connectivity index (χ0) is 13.9. The van der Waals surface area contributed by atoms with Crippen molar-refractivity contribution in [2.45, 2.75) is 6.54 Å². The summed E-state index contributed by atoms with van der Waals surface area (Å²) in [4.78, 5) is 4.39. The average Bonchev–Trinajstić information content (AvgIpc) is 3.07. The van der Waals surface area contributed by atoms with Crippen LogP contribution in [0.25, 0.3) is 11.3 Å². The summed E-state index contributed by atoms with van der Waals surface area (Å²) in [7, 11) is 0. The molecule has 2 heterocycles. The number of rotatable bonds is 4. The van der Waals surface area contributed by atoms with E-state index in [1.54, 1.807) is 12.3 Å². The maximum Gasteiger partial charge on any atom is 0.183 e. The van der Waals surface area contributed by atoms with Gasteiger partial charge in [-0.3, -0.25) is 0 Å².